The SMILES string of the molecule is O=C(CCCc1cc(F)cc(F)c1F)NCCn1c(C(=O)O)nnc1C(F)(F)F. The maximum absolute atomic E-state index is 13.5. The molecule has 0 aliphatic rings. The van der Waals surface area contributed by atoms with Gasteiger partial charge in [0.2, 0.25) is 17.6 Å². The van der Waals surface area contributed by atoms with Crippen LogP contribution in [0.3, 0.4) is 0 Å². The van der Waals surface area contributed by atoms with Crippen molar-refractivity contribution in [3.05, 3.63) is 46.8 Å². The lowest BCUT2D eigenvalue weighted by Gasteiger charge is -2.11. The standard InChI is InChI=1S/C16H14F6N4O3/c17-9-6-8(12(19)10(18)7-9)2-1-3-11(27)23-4-5-26-13(14(28)29)24-25-15(26)16(20,21)22/h6-7H,1-5H2,(H,23,27)(H,28,29). The number of aryl methyl sites for hydroxylation is 1. The van der Waals surface area contributed by atoms with Gasteiger partial charge in [-0.2, -0.15) is 13.2 Å². The number of carboxylic acid groups (broad SMARTS) is 1. The number of rotatable bonds is 8. The van der Waals surface area contributed by atoms with Crippen LogP contribution in [0.25, 0.3) is 0 Å². The summed E-state index contributed by atoms with van der Waals surface area (Å²) in [6, 6.07) is 1.19. The first-order valence-corrected chi connectivity index (χ1v) is 8.14. The van der Waals surface area contributed by atoms with Gasteiger partial charge in [0.05, 0.1) is 0 Å². The molecule has 1 heterocycles. The predicted octanol–water partition coefficient (Wildman–Crippen LogP) is 2.55. The van der Waals surface area contributed by atoms with E-state index in [0.29, 0.717) is 10.6 Å². The zero-order valence-electron chi connectivity index (χ0n) is 14.6. The lowest BCUT2D eigenvalue weighted by atomic mass is 10.1. The second-order valence-corrected chi connectivity index (χ2v) is 5.87. The van der Waals surface area contributed by atoms with Gasteiger partial charge in [-0.05, 0) is 24.5 Å². The molecule has 0 saturated carbocycles. The molecule has 1 aromatic heterocycles. The van der Waals surface area contributed by atoms with Gasteiger partial charge in [-0.25, -0.2) is 18.0 Å². The van der Waals surface area contributed by atoms with Crippen molar-refractivity contribution in [2.75, 3.05) is 6.54 Å². The summed E-state index contributed by atoms with van der Waals surface area (Å²) in [5, 5.41) is 16.9. The fourth-order valence-corrected chi connectivity index (χ4v) is 2.51. The van der Waals surface area contributed by atoms with Crippen molar-refractivity contribution in [1.29, 1.82) is 0 Å². The van der Waals surface area contributed by atoms with Gasteiger partial charge in [0, 0.05) is 25.6 Å². The number of alkyl halides is 3. The lowest BCUT2D eigenvalue weighted by molar-refractivity contribution is -0.147. The molecule has 0 unspecified atom stereocenters. The molecule has 2 rings (SSSR count). The number of hydrogen-bond donors (Lipinski definition) is 2. The molecule has 0 spiro atoms. The van der Waals surface area contributed by atoms with E-state index in [-0.39, 0.29) is 31.4 Å². The second kappa shape index (κ2) is 8.92. The van der Waals surface area contributed by atoms with Crippen molar-refractivity contribution < 1.29 is 41.0 Å². The summed E-state index contributed by atoms with van der Waals surface area (Å²) in [5.74, 6) is -8.34. The fraction of sp³-hybridized carbons (Fsp3) is 0.375. The van der Waals surface area contributed by atoms with Gasteiger partial charge in [0.25, 0.3) is 0 Å². The summed E-state index contributed by atoms with van der Waals surface area (Å²) in [4.78, 5) is 22.7. The molecule has 158 valence electrons. The molecule has 2 aromatic rings. The van der Waals surface area contributed by atoms with Gasteiger partial charge in [0.15, 0.2) is 11.6 Å². The highest BCUT2D eigenvalue weighted by molar-refractivity contribution is 5.83. The third-order valence-electron chi connectivity index (χ3n) is 3.77. The highest BCUT2D eigenvalue weighted by Crippen LogP contribution is 2.28. The molecule has 0 aliphatic heterocycles. The Morgan fingerprint density at radius 1 is 1.14 bits per heavy atom. The zero-order valence-corrected chi connectivity index (χ0v) is 14.6. The fourth-order valence-electron chi connectivity index (χ4n) is 2.51. The van der Waals surface area contributed by atoms with Crippen LogP contribution in [-0.2, 0) is 23.9 Å². The van der Waals surface area contributed by atoms with Crippen LogP contribution in [0.15, 0.2) is 12.1 Å². The van der Waals surface area contributed by atoms with Crippen LogP contribution in [-0.4, -0.2) is 38.3 Å². The maximum Gasteiger partial charge on any atom is 0.451 e. The van der Waals surface area contributed by atoms with Gasteiger partial charge in [-0.15, -0.1) is 10.2 Å². The first-order valence-electron chi connectivity index (χ1n) is 8.14. The summed E-state index contributed by atoms with van der Waals surface area (Å²) in [5.41, 5.74) is -0.249. The summed E-state index contributed by atoms with van der Waals surface area (Å²) in [6.07, 6.45) is -5.25. The van der Waals surface area contributed by atoms with E-state index >= 15 is 0 Å². The summed E-state index contributed by atoms with van der Waals surface area (Å²) >= 11 is 0. The topological polar surface area (TPSA) is 97.1 Å². The van der Waals surface area contributed by atoms with Crippen LogP contribution >= 0.6 is 0 Å². The minimum absolute atomic E-state index is 0.0203. The normalized spacial score (nSPS) is 11.5. The smallest absolute Gasteiger partial charge is 0.451 e. The van der Waals surface area contributed by atoms with E-state index in [1.54, 1.807) is 0 Å². The molecule has 0 bridgehead atoms. The molecule has 7 nitrogen and oxygen atoms in total. The van der Waals surface area contributed by atoms with Gasteiger partial charge in [-0.1, -0.05) is 0 Å². The number of amides is 1. The Kier molecular flexibility index (Phi) is 6.82. The Morgan fingerprint density at radius 3 is 2.45 bits per heavy atom. The number of carbonyl (C=O) groups is 2. The molecule has 2 N–H and O–H groups in total. The monoisotopic (exact) mass is 424 g/mol. The minimum atomic E-state index is -4.94. The minimum Gasteiger partial charge on any atom is -0.475 e. The number of hydrogen-bond acceptors (Lipinski definition) is 4. The van der Waals surface area contributed by atoms with Gasteiger partial charge < -0.3 is 10.4 Å². The molecule has 1 aromatic carbocycles. The Hall–Kier alpha value is -3.12. The molecule has 0 fully saturated rings. The van der Waals surface area contributed by atoms with E-state index in [9.17, 15) is 35.9 Å². The molecule has 0 saturated heterocycles. The van der Waals surface area contributed by atoms with Crippen LogP contribution in [0.2, 0.25) is 0 Å². The third kappa shape index (κ3) is 5.68. The highest BCUT2D eigenvalue weighted by Gasteiger charge is 2.39. The molecular formula is C16H14F6N4O3. The van der Waals surface area contributed by atoms with E-state index in [1.807, 2.05) is 0 Å². The molecule has 0 aliphatic carbocycles. The maximum atomic E-state index is 13.5. The predicted molar refractivity (Wildman–Crippen MR) is 84.2 cm³/mol. The van der Waals surface area contributed by atoms with Gasteiger partial charge in [-0.3, -0.25) is 9.36 Å². The zero-order chi connectivity index (χ0) is 21.8. The van der Waals surface area contributed by atoms with Gasteiger partial charge >= 0.3 is 12.1 Å². The lowest BCUT2D eigenvalue weighted by Crippen LogP contribution is -2.29. The molecule has 0 radical (unpaired) electrons. The largest absolute Gasteiger partial charge is 0.475 e. The summed E-state index contributed by atoms with van der Waals surface area (Å²) < 4.78 is 78.5. The molecule has 13 heteroatoms. The first-order chi connectivity index (χ1) is 13.5. The Balaban J connectivity index is 1.88. The molecule has 29 heavy (non-hydrogen) atoms. The van der Waals surface area contributed by atoms with E-state index in [4.69, 9.17) is 5.11 Å². The number of nitrogens with zero attached hydrogens (tertiary/aromatic N) is 3. The van der Waals surface area contributed by atoms with E-state index in [0.717, 1.165) is 6.07 Å². The molecule has 0 atom stereocenters. The number of halogens is 6. The number of nitrogens with one attached hydrogen (secondary N) is 1. The summed E-state index contributed by atoms with van der Waals surface area (Å²) in [7, 11) is 0. The highest BCUT2D eigenvalue weighted by atomic mass is 19.4. The van der Waals surface area contributed by atoms with Gasteiger partial charge in [0.1, 0.15) is 5.82 Å². The Bertz CT molecular complexity index is 913. The second-order valence-electron chi connectivity index (χ2n) is 5.87. The number of carbonyl (C=O) groups excluding carboxylic acids is 1. The average molecular weight is 424 g/mol. The van der Waals surface area contributed by atoms with E-state index in [1.165, 1.54) is 0 Å². The summed E-state index contributed by atoms with van der Waals surface area (Å²) in [6.45, 7) is -0.915. The average Bonchev–Trinajstić information content (AvgIpc) is 3.03. The third-order valence-corrected chi connectivity index (χ3v) is 3.77. The number of aromatic nitrogens is 3. The number of benzene rings is 1. The van der Waals surface area contributed by atoms with Crippen molar-refractivity contribution in [1.82, 2.24) is 20.1 Å². The first kappa shape index (κ1) is 22.2. The number of aromatic carboxylic acids is 1. The van der Waals surface area contributed by atoms with Crippen molar-refractivity contribution in [3.8, 4) is 0 Å². The van der Waals surface area contributed by atoms with Crippen molar-refractivity contribution >= 4 is 11.9 Å². The van der Waals surface area contributed by atoms with E-state index in [2.05, 4.69) is 15.5 Å². The van der Waals surface area contributed by atoms with Crippen molar-refractivity contribution in [3.63, 3.8) is 0 Å². The van der Waals surface area contributed by atoms with Crippen LogP contribution in [0.1, 0.15) is 34.8 Å². The van der Waals surface area contributed by atoms with Crippen LogP contribution in [0, 0.1) is 17.5 Å². The van der Waals surface area contributed by atoms with Crippen molar-refractivity contribution in [2.24, 2.45) is 0 Å². The van der Waals surface area contributed by atoms with E-state index < -0.39 is 53.7 Å². The van der Waals surface area contributed by atoms with Crippen LogP contribution < -0.4 is 5.32 Å². The van der Waals surface area contributed by atoms with Crippen molar-refractivity contribution in [2.45, 2.75) is 32.0 Å². The molecular weight excluding hydrogens is 410 g/mol. The Labute approximate surface area is 159 Å². The van der Waals surface area contributed by atoms with Crippen LogP contribution in [0.4, 0.5) is 26.3 Å². The Morgan fingerprint density at radius 2 is 1.83 bits per heavy atom. The van der Waals surface area contributed by atoms with Crippen LogP contribution in [0.5, 0.6) is 0 Å². The quantitative estimate of drug-likeness (QED) is 0.502. The number of carboxylic acids is 1. The molecule has 1 amide bonds.